The number of halogens is 1. The molecule has 0 bridgehead atoms. The van der Waals surface area contributed by atoms with Gasteiger partial charge < -0.3 is 15.2 Å². The Morgan fingerprint density at radius 3 is 2.59 bits per heavy atom. The zero-order chi connectivity index (χ0) is 20.4. The number of nitrogens with one attached hydrogen (secondary N) is 3. The van der Waals surface area contributed by atoms with Crippen LogP contribution >= 0.6 is 24.0 Å². The van der Waals surface area contributed by atoms with E-state index in [9.17, 15) is 8.42 Å². The predicted molar refractivity (Wildman–Crippen MR) is 127 cm³/mol. The Morgan fingerprint density at radius 1 is 1.28 bits per heavy atom. The van der Waals surface area contributed by atoms with Crippen LogP contribution in [0.5, 0.6) is 0 Å². The highest BCUT2D eigenvalue weighted by Crippen LogP contribution is 2.25. The second-order valence-electron chi connectivity index (χ2n) is 7.32. The fourth-order valence-electron chi connectivity index (χ4n) is 3.12. The Morgan fingerprint density at radius 2 is 2.00 bits per heavy atom. The number of hydrogen-bond donors (Lipinski definition) is 3. The summed E-state index contributed by atoms with van der Waals surface area (Å²) in [5, 5.41) is 10.3. The molecule has 1 aromatic heterocycles. The van der Waals surface area contributed by atoms with Gasteiger partial charge in [0.1, 0.15) is 6.54 Å². The lowest BCUT2D eigenvalue weighted by atomic mass is 9.86. The van der Waals surface area contributed by atoms with Gasteiger partial charge in [-0.05, 0) is 38.5 Å². The van der Waals surface area contributed by atoms with E-state index in [1.807, 2.05) is 13.0 Å². The van der Waals surface area contributed by atoms with Crippen LogP contribution in [-0.4, -0.2) is 44.9 Å². The van der Waals surface area contributed by atoms with Crippen LogP contribution in [0.1, 0.15) is 70.2 Å². The summed E-state index contributed by atoms with van der Waals surface area (Å²) >= 11 is 0. The Labute approximate surface area is 192 Å². The fraction of sp³-hybridized carbons (Fsp3) is 0.789. The maximum absolute atomic E-state index is 12.1. The van der Waals surface area contributed by atoms with Gasteiger partial charge in [0, 0.05) is 31.6 Å². The number of sulfonamides is 1. The molecule has 1 fully saturated rings. The number of rotatable bonds is 12. The van der Waals surface area contributed by atoms with Crippen molar-refractivity contribution in [2.45, 2.75) is 65.3 Å². The second-order valence-corrected chi connectivity index (χ2v) is 9.24. The van der Waals surface area contributed by atoms with Crippen molar-refractivity contribution in [3.63, 3.8) is 0 Å². The van der Waals surface area contributed by atoms with Crippen molar-refractivity contribution in [2.24, 2.45) is 10.9 Å². The molecule has 0 aliphatic heterocycles. The van der Waals surface area contributed by atoms with Crippen LogP contribution in [0.25, 0.3) is 0 Å². The van der Waals surface area contributed by atoms with Crippen LogP contribution in [0.4, 0.5) is 0 Å². The lowest BCUT2D eigenvalue weighted by Crippen LogP contribution is -2.42. The van der Waals surface area contributed by atoms with E-state index in [0.29, 0.717) is 49.7 Å². The van der Waals surface area contributed by atoms with Crippen LogP contribution < -0.4 is 15.4 Å². The van der Waals surface area contributed by atoms with Crippen LogP contribution in [0.2, 0.25) is 0 Å². The average molecular weight is 542 g/mol. The molecule has 0 unspecified atom stereocenters. The van der Waals surface area contributed by atoms with E-state index in [2.05, 4.69) is 39.4 Å². The van der Waals surface area contributed by atoms with Crippen LogP contribution in [0.15, 0.2) is 15.6 Å². The predicted octanol–water partition coefficient (Wildman–Crippen LogP) is 2.97. The van der Waals surface area contributed by atoms with Gasteiger partial charge in [0.25, 0.3) is 0 Å². The molecule has 0 amide bonds. The highest BCUT2D eigenvalue weighted by molar-refractivity contribution is 14.0. The van der Waals surface area contributed by atoms with Gasteiger partial charge in [-0.2, -0.15) is 0 Å². The van der Waals surface area contributed by atoms with E-state index >= 15 is 0 Å². The van der Waals surface area contributed by atoms with Crippen molar-refractivity contribution >= 4 is 40.0 Å². The molecule has 1 aromatic rings. The average Bonchev–Trinajstić information content (AvgIpc) is 3.08. The summed E-state index contributed by atoms with van der Waals surface area (Å²) in [5.41, 5.74) is 0.969. The largest absolute Gasteiger partial charge is 0.359 e. The summed E-state index contributed by atoms with van der Waals surface area (Å²) in [6, 6.07) is 1.96. The Hall–Kier alpha value is -0.880. The quantitative estimate of drug-likeness (QED) is 0.213. The fourth-order valence-corrected chi connectivity index (χ4v) is 4.12. The molecule has 10 heteroatoms. The van der Waals surface area contributed by atoms with Gasteiger partial charge in [-0.15, -0.1) is 24.0 Å². The molecular weight excluding hydrogens is 505 g/mol. The van der Waals surface area contributed by atoms with E-state index in [1.165, 1.54) is 6.42 Å². The summed E-state index contributed by atoms with van der Waals surface area (Å²) in [5.74, 6) is 2.20. The molecule has 0 atom stereocenters. The molecule has 29 heavy (non-hydrogen) atoms. The van der Waals surface area contributed by atoms with Gasteiger partial charge in [-0.3, -0.25) is 0 Å². The molecule has 2 rings (SSSR count). The highest BCUT2D eigenvalue weighted by Gasteiger charge is 2.20. The summed E-state index contributed by atoms with van der Waals surface area (Å²) in [6.45, 7) is 8.14. The maximum Gasteiger partial charge on any atom is 0.213 e. The number of hydrogen-bond acceptors (Lipinski definition) is 5. The number of aliphatic imine (C=N–C) groups is 1. The third kappa shape index (κ3) is 9.20. The zero-order valence-electron chi connectivity index (χ0n) is 17.7. The SMILES string of the molecule is CCNC(=NCc1cc(C(CC)CC)no1)NCCS(=O)(=O)NCC1CCC1.I. The van der Waals surface area contributed by atoms with Crippen molar-refractivity contribution in [1.82, 2.24) is 20.5 Å². The molecule has 1 saturated carbocycles. The van der Waals surface area contributed by atoms with E-state index in [0.717, 1.165) is 31.4 Å². The third-order valence-electron chi connectivity index (χ3n) is 5.20. The molecule has 0 radical (unpaired) electrons. The summed E-state index contributed by atoms with van der Waals surface area (Å²) in [6.07, 6.45) is 5.51. The normalized spacial score (nSPS) is 15.1. The summed E-state index contributed by atoms with van der Waals surface area (Å²) in [4.78, 5) is 4.47. The van der Waals surface area contributed by atoms with Gasteiger partial charge in [0.15, 0.2) is 11.7 Å². The minimum absolute atomic E-state index is 0. The van der Waals surface area contributed by atoms with Crippen molar-refractivity contribution in [2.75, 3.05) is 25.4 Å². The Bertz CT molecular complexity index is 715. The van der Waals surface area contributed by atoms with Crippen molar-refractivity contribution in [3.8, 4) is 0 Å². The van der Waals surface area contributed by atoms with Crippen molar-refractivity contribution in [3.05, 3.63) is 17.5 Å². The second kappa shape index (κ2) is 13.4. The van der Waals surface area contributed by atoms with E-state index < -0.39 is 10.0 Å². The molecule has 0 saturated heterocycles. The van der Waals surface area contributed by atoms with Gasteiger partial charge in [-0.25, -0.2) is 18.1 Å². The molecule has 1 aliphatic carbocycles. The molecule has 0 spiro atoms. The van der Waals surface area contributed by atoms with Crippen molar-refractivity contribution in [1.29, 1.82) is 0 Å². The monoisotopic (exact) mass is 541 g/mol. The highest BCUT2D eigenvalue weighted by atomic mass is 127. The Balaban J connectivity index is 0.00000420. The molecule has 1 heterocycles. The topological polar surface area (TPSA) is 109 Å². The van der Waals surface area contributed by atoms with Gasteiger partial charge in [-0.1, -0.05) is 25.4 Å². The number of guanidine groups is 1. The minimum atomic E-state index is -3.27. The van der Waals surface area contributed by atoms with Crippen LogP contribution in [-0.2, 0) is 16.6 Å². The maximum atomic E-state index is 12.1. The summed E-state index contributed by atoms with van der Waals surface area (Å²) in [7, 11) is -3.27. The smallest absolute Gasteiger partial charge is 0.213 e. The standard InChI is InChI=1S/C19H35N5O3S.HI/c1-4-16(5-2)18-12-17(27-24-18)14-22-19(20-6-3)21-10-11-28(25,26)23-13-15-8-7-9-15;/h12,15-16,23H,4-11,13-14H2,1-3H3,(H2,20,21,22);1H. The molecule has 168 valence electrons. The third-order valence-corrected chi connectivity index (χ3v) is 6.55. The first-order valence-electron chi connectivity index (χ1n) is 10.4. The van der Waals surface area contributed by atoms with Gasteiger partial charge >= 0.3 is 0 Å². The molecule has 3 N–H and O–H groups in total. The Kier molecular flexibility index (Phi) is 12.1. The van der Waals surface area contributed by atoms with Crippen molar-refractivity contribution < 1.29 is 12.9 Å². The zero-order valence-corrected chi connectivity index (χ0v) is 20.9. The first-order valence-corrected chi connectivity index (χ1v) is 12.1. The van der Waals surface area contributed by atoms with Gasteiger partial charge in [0.05, 0.1) is 11.4 Å². The first kappa shape index (κ1) is 26.2. The molecule has 8 nitrogen and oxygen atoms in total. The minimum Gasteiger partial charge on any atom is -0.359 e. The summed E-state index contributed by atoms with van der Waals surface area (Å²) < 4.78 is 32.3. The van der Waals surface area contributed by atoms with E-state index in [4.69, 9.17) is 4.52 Å². The van der Waals surface area contributed by atoms with E-state index in [-0.39, 0.29) is 29.7 Å². The molecular formula is C19H36IN5O3S. The lowest BCUT2D eigenvalue weighted by Gasteiger charge is -2.25. The molecule has 0 aromatic carbocycles. The van der Waals surface area contributed by atoms with Crippen LogP contribution in [0.3, 0.4) is 0 Å². The first-order chi connectivity index (χ1) is 13.5. The van der Waals surface area contributed by atoms with Crippen LogP contribution in [0, 0.1) is 5.92 Å². The van der Waals surface area contributed by atoms with Gasteiger partial charge in [0.2, 0.25) is 10.0 Å². The lowest BCUT2D eigenvalue weighted by molar-refractivity contribution is 0.316. The molecule has 1 aliphatic rings. The number of nitrogens with zero attached hydrogens (tertiary/aromatic N) is 2. The number of aromatic nitrogens is 1. The van der Waals surface area contributed by atoms with E-state index in [1.54, 1.807) is 0 Å².